The van der Waals surface area contributed by atoms with Crippen LogP contribution in [0.1, 0.15) is 5.56 Å². The van der Waals surface area contributed by atoms with Crippen molar-refractivity contribution in [1.29, 1.82) is 0 Å². The van der Waals surface area contributed by atoms with Crippen molar-refractivity contribution in [3.63, 3.8) is 0 Å². The molecule has 5 nitrogen and oxygen atoms in total. The molecule has 1 aliphatic heterocycles. The Morgan fingerprint density at radius 1 is 0.909 bits per heavy atom. The zero-order chi connectivity index (χ0) is 22.9. The highest BCUT2D eigenvalue weighted by Crippen LogP contribution is 2.36. The van der Waals surface area contributed by atoms with Crippen LogP contribution in [-0.2, 0) is 9.59 Å². The average molecular weight is 456 g/mol. The van der Waals surface area contributed by atoms with E-state index in [0.29, 0.717) is 0 Å². The number of benzene rings is 4. The van der Waals surface area contributed by atoms with Gasteiger partial charge in [-0.25, -0.2) is 4.39 Å². The van der Waals surface area contributed by atoms with Gasteiger partial charge in [-0.2, -0.15) is 0 Å². The third-order valence-corrected chi connectivity index (χ3v) is 6.32. The number of anilines is 1. The van der Waals surface area contributed by atoms with Crippen LogP contribution in [0.15, 0.2) is 83.8 Å². The predicted molar refractivity (Wildman–Crippen MR) is 129 cm³/mol. The van der Waals surface area contributed by atoms with Crippen molar-refractivity contribution < 1.29 is 18.8 Å². The second kappa shape index (κ2) is 8.52. The van der Waals surface area contributed by atoms with E-state index in [9.17, 15) is 18.8 Å². The zero-order valence-electron chi connectivity index (χ0n) is 17.2. The van der Waals surface area contributed by atoms with Gasteiger partial charge < -0.3 is 5.32 Å². The summed E-state index contributed by atoms with van der Waals surface area (Å²) in [6.45, 7) is -0.493. The molecular formula is C26H17FN2O3S. The zero-order valence-corrected chi connectivity index (χ0v) is 18.1. The van der Waals surface area contributed by atoms with E-state index in [1.807, 2.05) is 48.5 Å². The van der Waals surface area contributed by atoms with Crippen molar-refractivity contribution in [2.75, 3.05) is 11.9 Å². The summed E-state index contributed by atoms with van der Waals surface area (Å²) in [5.74, 6) is -1.80. The Bertz CT molecular complexity index is 1430. The van der Waals surface area contributed by atoms with Crippen molar-refractivity contribution in [1.82, 2.24) is 4.90 Å². The molecule has 33 heavy (non-hydrogen) atoms. The van der Waals surface area contributed by atoms with Crippen LogP contribution in [0, 0.1) is 5.82 Å². The highest BCUT2D eigenvalue weighted by atomic mass is 32.2. The number of nitrogens with one attached hydrogen (secondary N) is 1. The lowest BCUT2D eigenvalue weighted by atomic mass is 9.96. The van der Waals surface area contributed by atoms with Crippen LogP contribution in [0.2, 0.25) is 0 Å². The molecule has 0 atom stereocenters. The van der Waals surface area contributed by atoms with Gasteiger partial charge in [-0.15, -0.1) is 0 Å². The van der Waals surface area contributed by atoms with Crippen molar-refractivity contribution in [3.05, 3.63) is 95.1 Å². The van der Waals surface area contributed by atoms with Gasteiger partial charge in [0, 0.05) is 0 Å². The first-order valence-corrected chi connectivity index (χ1v) is 11.0. The quantitative estimate of drug-likeness (QED) is 0.311. The molecule has 7 heteroatoms. The van der Waals surface area contributed by atoms with Crippen LogP contribution in [0.4, 0.5) is 14.9 Å². The second-order valence-corrected chi connectivity index (χ2v) is 8.52. The van der Waals surface area contributed by atoms with Crippen molar-refractivity contribution in [3.8, 4) is 0 Å². The number of thioether (sulfide) groups is 1. The Kier molecular flexibility index (Phi) is 5.40. The van der Waals surface area contributed by atoms with Crippen LogP contribution >= 0.6 is 11.8 Å². The molecule has 4 aromatic carbocycles. The number of para-hydroxylation sites is 1. The Hall–Kier alpha value is -3.97. The number of halogens is 1. The summed E-state index contributed by atoms with van der Waals surface area (Å²) in [5.41, 5.74) is 0.831. The van der Waals surface area contributed by atoms with Gasteiger partial charge in [-0.3, -0.25) is 19.3 Å². The van der Waals surface area contributed by atoms with Crippen LogP contribution in [0.25, 0.3) is 27.6 Å². The predicted octanol–water partition coefficient (Wildman–Crippen LogP) is 5.81. The van der Waals surface area contributed by atoms with Gasteiger partial charge in [-0.1, -0.05) is 60.7 Å². The van der Waals surface area contributed by atoms with Gasteiger partial charge in [-0.05, 0) is 63.1 Å². The number of carbonyl (C=O) groups excluding carboxylic acids is 3. The Labute approximate surface area is 192 Å². The minimum atomic E-state index is -0.653. The summed E-state index contributed by atoms with van der Waals surface area (Å²) in [5, 5.41) is 5.82. The number of hydrogen-bond donors (Lipinski definition) is 1. The van der Waals surface area contributed by atoms with E-state index in [1.165, 1.54) is 18.2 Å². The number of fused-ring (bicyclic) bond motifs is 2. The summed E-state index contributed by atoms with van der Waals surface area (Å²) in [6, 6.07) is 23.5. The normalized spacial score (nSPS) is 15.1. The van der Waals surface area contributed by atoms with Crippen LogP contribution in [0.5, 0.6) is 0 Å². The number of nitrogens with zero attached hydrogens (tertiary/aromatic N) is 1. The number of rotatable bonds is 4. The molecule has 0 bridgehead atoms. The van der Waals surface area contributed by atoms with E-state index in [1.54, 1.807) is 12.1 Å². The molecule has 0 unspecified atom stereocenters. The topological polar surface area (TPSA) is 66.5 Å². The lowest BCUT2D eigenvalue weighted by Gasteiger charge is -2.13. The summed E-state index contributed by atoms with van der Waals surface area (Å²) in [4.78, 5) is 39.0. The smallest absolute Gasteiger partial charge is 0.294 e. The lowest BCUT2D eigenvalue weighted by molar-refractivity contribution is -0.127. The van der Waals surface area contributed by atoms with Gasteiger partial charge >= 0.3 is 0 Å². The highest BCUT2D eigenvalue weighted by Gasteiger charge is 2.36. The number of imide groups is 1. The molecule has 0 saturated carbocycles. The van der Waals surface area contributed by atoms with Crippen LogP contribution < -0.4 is 5.32 Å². The summed E-state index contributed by atoms with van der Waals surface area (Å²) >= 11 is 0.790. The molecule has 0 aromatic heterocycles. The van der Waals surface area contributed by atoms with Crippen molar-refractivity contribution in [2.45, 2.75) is 0 Å². The molecule has 5 rings (SSSR count). The van der Waals surface area contributed by atoms with Gasteiger partial charge in [0.05, 0.1) is 10.6 Å². The largest absolute Gasteiger partial charge is 0.322 e. The van der Waals surface area contributed by atoms with Crippen molar-refractivity contribution in [2.24, 2.45) is 0 Å². The number of hydrogen-bond acceptors (Lipinski definition) is 4. The molecule has 162 valence electrons. The monoisotopic (exact) mass is 456 g/mol. The molecule has 1 saturated heterocycles. The Morgan fingerprint density at radius 3 is 2.18 bits per heavy atom. The lowest BCUT2D eigenvalue weighted by Crippen LogP contribution is -2.36. The van der Waals surface area contributed by atoms with Gasteiger partial charge in [0.25, 0.3) is 11.1 Å². The van der Waals surface area contributed by atoms with Crippen LogP contribution in [-0.4, -0.2) is 28.5 Å². The first kappa shape index (κ1) is 20.9. The molecule has 1 heterocycles. The van der Waals surface area contributed by atoms with Gasteiger partial charge in [0.1, 0.15) is 12.4 Å². The maximum absolute atomic E-state index is 13.8. The SMILES string of the molecule is O=C(CN1C(=O)S/C(=C\c2c3ccccc3cc3ccccc23)C1=O)Nc1ccccc1F. The van der Waals surface area contributed by atoms with E-state index in [2.05, 4.69) is 11.4 Å². The third kappa shape index (κ3) is 3.99. The maximum Gasteiger partial charge on any atom is 0.294 e. The first-order valence-electron chi connectivity index (χ1n) is 10.2. The molecule has 1 fully saturated rings. The molecule has 1 aliphatic rings. The molecule has 1 N–H and O–H groups in total. The van der Waals surface area contributed by atoms with Gasteiger partial charge in [0.2, 0.25) is 5.91 Å². The number of amides is 3. The van der Waals surface area contributed by atoms with Crippen molar-refractivity contribution >= 4 is 62.1 Å². The Morgan fingerprint density at radius 2 is 1.52 bits per heavy atom. The Balaban J connectivity index is 1.47. The van der Waals surface area contributed by atoms with E-state index < -0.39 is 29.4 Å². The minimum absolute atomic E-state index is 0.00719. The first-order chi connectivity index (χ1) is 16.0. The third-order valence-electron chi connectivity index (χ3n) is 5.41. The van der Waals surface area contributed by atoms with E-state index >= 15 is 0 Å². The van der Waals surface area contributed by atoms with Crippen LogP contribution in [0.3, 0.4) is 0 Å². The highest BCUT2D eigenvalue weighted by molar-refractivity contribution is 8.18. The maximum atomic E-state index is 13.8. The van der Waals surface area contributed by atoms with Gasteiger partial charge in [0.15, 0.2) is 0 Å². The molecule has 4 aromatic rings. The molecule has 0 spiro atoms. The molecule has 3 amide bonds. The summed E-state index contributed by atoms with van der Waals surface area (Å²) < 4.78 is 13.8. The molecule has 0 radical (unpaired) electrons. The fourth-order valence-corrected chi connectivity index (χ4v) is 4.69. The standard InChI is InChI=1S/C26H17FN2O3S/c27-21-11-5-6-12-22(21)28-24(30)15-29-25(31)23(33-26(29)32)14-20-18-9-3-1-7-16(18)13-17-8-2-4-10-19(17)20/h1-14H,15H2,(H,28,30)/b23-14-. The molecular weight excluding hydrogens is 439 g/mol. The minimum Gasteiger partial charge on any atom is -0.322 e. The fraction of sp³-hybridized carbons (Fsp3) is 0.0385. The van der Waals surface area contributed by atoms with E-state index in [4.69, 9.17) is 0 Å². The second-order valence-electron chi connectivity index (χ2n) is 7.53. The van der Waals surface area contributed by atoms with E-state index in [0.717, 1.165) is 43.8 Å². The summed E-state index contributed by atoms with van der Waals surface area (Å²) in [7, 11) is 0. The number of carbonyl (C=O) groups is 3. The fourth-order valence-electron chi connectivity index (χ4n) is 3.87. The van der Waals surface area contributed by atoms with E-state index in [-0.39, 0.29) is 10.6 Å². The molecule has 0 aliphatic carbocycles. The average Bonchev–Trinajstić information content (AvgIpc) is 3.07. The summed E-state index contributed by atoms with van der Waals surface area (Å²) in [6.07, 6.45) is 1.71.